The normalized spacial score (nSPS) is 20.3. The van der Waals surface area contributed by atoms with E-state index in [-0.39, 0.29) is 31.8 Å². The summed E-state index contributed by atoms with van der Waals surface area (Å²) in [5.41, 5.74) is 1.58. The van der Waals surface area contributed by atoms with Crippen molar-refractivity contribution in [2.24, 2.45) is 0 Å². The first-order valence-electron chi connectivity index (χ1n) is 7.86. The van der Waals surface area contributed by atoms with Gasteiger partial charge in [-0.2, -0.15) is 0 Å². The van der Waals surface area contributed by atoms with Gasteiger partial charge in [0.1, 0.15) is 0 Å². The number of hydrogen-bond donors (Lipinski definition) is 2. The van der Waals surface area contributed by atoms with Crippen molar-refractivity contribution in [1.29, 1.82) is 0 Å². The Kier molecular flexibility index (Phi) is 3.91. The minimum atomic E-state index is -1.69. The number of aliphatic hydroxyl groups is 1. The van der Waals surface area contributed by atoms with Crippen molar-refractivity contribution in [3.05, 3.63) is 34.9 Å². The van der Waals surface area contributed by atoms with Crippen LogP contribution < -0.4 is 0 Å². The first kappa shape index (κ1) is 15.0. The first-order valence-corrected chi connectivity index (χ1v) is 7.86. The predicted octanol–water partition coefficient (Wildman–Crippen LogP) is 1.62. The fourth-order valence-corrected chi connectivity index (χ4v) is 3.34. The van der Waals surface area contributed by atoms with Crippen LogP contribution in [0.15, 0.2) is 18.2 Å². The smallest absolute Gasteiger partial charge is 0.335 e. The van der Waals surface area contributed by atoms with E-state index in [0.29, 0.717) is 5.56 Å². The number of aryl methyl sites for hydroxylation is 2. The molecular formula is C17H21NO4. The number of likely N-dealkylation sites (tertiary alicyclic amines) is 1. The first-order chi connectivity index (χ1) is 10.5. The zero-order valence-corrected chi connectivity index (χ0v) is 12.5. The molecule has 1 saturated heterocycles. The van der Waals surface area contributed by atoms with E-state index in [4.69, 9.17) is 5.11 Å². The van der Waals surface area contributed by atoms with E-state index < -0.39 is 11.6 Å². The van der Waals surface area contributed by atoms with E-state index in [1.165, 1.54) is 24.0 Å². The molecule has 1 amide bonds. The Balaban J connectivity index is 1.71. The average Bonchev–Trinajstić information content (AvgIpc) is 2.54. The second-order valence-electron chi connectivity index (χ2n) is 6.32. The van der Waals surface area contributed by atoms with Crippen molar-refractivity contribution in [2.45, 2.75) is 44.1 Å². The molecule has 0 radical (unpaired) electrons. The molecule has 2 aliphatic rings. The van der Waals surface area contributed by atoms with Crippen molar-refractivity contribution in [3.8, 4) is 0 Å². The van der Waals surface area contributed by atoms with Gasteiger partial charge in [-0.25, -0.2) is 4.79 Å². The molecule has 1 aromatic carbocycles. The molecule has 0 aromatic heterocycles. The molecule has 2 N–H and O–H groups in total. The summed E-state index contributed by atoms with van der Waals surface area (Å²) in [5, 5.41) is 19.0. The molecule has 0 saturated carbocycles. The number of carbonyl (C=O) groups is 2. The van der Waals surface area contributed by atoms with Crippen LogP contribution in [0.4, 0.5) is 0 Å². The number of rotatable bonds is 2. The van der Waals surface area contributed by atoms with Crippen LogP contribution in [-0.4, -0.2) is 45.7 Å². The topological polar surface area (TPSA) is 77.8 Å². The summed E-state index contributed by atoms with van der Waals surface area (Å²) in [6.45, 7) is 0.553. The van der Waals surface area contributed by atoms with Gasteiger partial charge in [-0.15, -0.1) is 0 Å². The Morgan fingerprint density at radius 1 is 1.05 bits per heavy atom. The van der Waals surface area contributed by atoms with Gasteiger partial charge in [0.25, 0.3) is 5.91 Å². The van der Waals surface area contributed by atoms with Crippen molar-refractivity contribution < 1.29 is 19.8 Å². The summed E-state index contributed by atoms with van der Waals surface area (Å²) >= 11 is 0. The highest BCUT2D eigenvalue weighted by atomic mass is 16.4. The number of piperidine rings is 1. The van der Waals surface area contributed by atoms with E-state index in [1.54, 1.807) is 4.90 Å². The number of fused-ring (bicyclic) bond motifs is 1. The Labute approximate surface area is 129 Å². The zero-order valence-electron chi connectivity index (χ0n) is 12.5. The lowest BCUT2D eigenvalue weighted by atomic mass is 9.89. The molecule has 0 bridgehead atoms. The third-order valence-electron chi connectivity index (χ3n) is 4.87. The number of nitrogens with zero attached hydrogens (tertiary/aromatic N) is 1. The van der Waals surface area contributed by atoms with Gasteiger partial charge in [-0.3, -0.25) is 4.79 Å². The van der Waals surface area contributed by atoms with E-state index in [0.717, 1.165) is 12.8 Å². The fourth-order valence-electron chi connectivity index (χ4n) is 3.34. The molecule has 1 heterocycles. The summed E-state index contributed by atoms with van der Waals surface area (Å²) in [4.78, 5) is 25.2. The number of carboxylic acid groups (broad SMARTS) is 1. The molecule has 1 fully saturated rings. The number of aliphatic carboxylic acids is 1. The predicted molar refractivity (Wildman–Crippen MR) is 80.8 cm³/mol. The minimum absolute atomic E-state index is 0.0687. The Hall–Kier alpha value is -1.88. The Bertz CT molecular complexity index is 603. The number of benzene rings is 1. The van der Waals surface area contributed by atoms with Gasteiger partial charge in [-0.1, -0.05) is 6.07 Å². The maximum Gasteiger partial charge on any atom is 0.335 e. The van der Waals surface area contributed by atoms with Crippen LogP contribution in [-0.2, 0) is 17.6 Å². The summed E-state index contributed by atoms with van der Waals surface area (Å²) in [6, 6.07) is 5.89. The number of hydrogen-bond acceptors (Lipinski definition) is 3. The van der Waals surface area contributed by atoms with Gasteiger partial charge < -0.3 is 15.1 Å². The molecule has 5 nitrogen and oxygen atoms in total. The van der Waals surface area contributed by atoms with Gasteiger partial charge in [0.2, 0.25) is 0 Å². The van der Waals surface area contributed by atoms with Gasteiger partial charge in [0.05, 0.1) is 0 Å². The summed E-state index contributed by atoms with van der Waals surface area (Å²) in [6.07, 6.45) is 4.65. The molecular weight excluding hydrogens is 282 g/mol. The Morgan fingerprint density at radius 3 is 2.32 bits per heavy atom. The van der Waals surface area contributed by atoms with Crippen LogP contribution in [0.1, 0.15) is 47.2 Å². The lowest BCUT2D eigenvalue weighted by Crippen LogP contribution is -2.50. The molecule has 1 aliphatic heterocycles. The van der Waals surface area contributed by atoms with Crippen molar-refractivity contribution in [2.75, 3.05) is 13.1 Å². The van der Waals surface area contributed by atoms with E-state index in [2.05, 4.69) is 0 Å². The SMILES string of the molecule is O=C(c1ccc2c(c1)CCCC2)N1CCC(O)(C(=O)O)CC1. The molecule has 22 heavy (non-hydrogen) atoms. The number of carbonyl (C=O) groups excluding carboxylic acids is 1. The molecule has 118 valence electrons. The molecule has 3 rings (SSSR count). The van der Waals surface area contributed by atoms with Gasteiger partial charge in [-0.05, 0) is 48.9 Å². The van der Waals surface area contributed by atoms with Crippen molar-refractivity contribution in [3.63, 3.8) is 0 Å². The summed E-state index contributed by atoms with van der Waals surface area (Å²) < 4.78 is 0. The fraction of sp³-hybridized carbons (Fsp3) is 0.529. The molecule has 0 atom stereocenters. The minimum Gasteiger partial charge on any atom is -0.479 e. The lowest BCUT2D eigenvalue weighted by Gasteiger charge is -2.35. The van der Waals surface area contributed by atoms with Crippen LogP contribution in [0.25, 0.3) is 0 Å². The summed E-state index contributed by atoms with van der Waals surface area (Å²) in [5.74, 6) is -1.27. The van der Waals surface area contributed by atoms with Crippen LogP contribution in [0.5, 0.6) is 0 Å². The zero-order chi connectivity index (χ0) is 15.7. The highest BCUT2D eigenvalue weighted by Crippen LogP contribution is 2.26. The largest absolute Gasteiger partial charge is 0.479 e. The average molecular weight is 303 g/mol. The maximum atomic E-state index is 12.6. The molecule has 5 heteroatoms. The lowest BCUT2D eigenvalue weighted by molar-refractivity contribution is -0.162. The quantitative estimate of drug-likeness (QED) is 0.870. The van der Waals surface area contributed by atoms with Crippen LogP contribution in [0.3, 0.4) is 0 Å². The van der Waals surface area contributed by atoms with Crippen molar-refractivity contribution in [1.82, 2.24) is 4.90 Å². The van der Waals surface area contributed by atoms with E-state index >= 15 is 0 Å². The van der Waals surface area contributed by atoms with Gasteiger partial charge >= 0.3 is 5.97 Å². The van der Waals surface area contributed by atoms with Crippen LogP contribution >= 0.6 is 0 Å². The molecule has 0 spiro atoms. The molecule has 1 aromatic rings. The molecule has 1 aliphatic carbocycles. The number of carboxylic acids is 1. The molecule has 0 unspecified atom stereocenters. The third kappa shape index (κ3) is 2.73. The summed E-state index contributed by atoms with van der Waals surface area (Å²) in [7, 11) is 0. The maximum absolute atomic E-state index is 12.6. The van der Waals surface area contributed by atoms with Crippen molar-refractivity contribution >= 4 is 11.9 Å². The van der Waals surface area contributed by atoms with E-state index in [1.807, 2.05) is 18.2 Å². The third-order valence-corrected chi connectivity index (χ3v) is 4.87. The highest BCUT2D eigenvalue weighted by Gasteiger charge is 2.40. The van der Waals surface area contributed by atoms with E-state index in [9.17, 15) is 14.7 Å². The van der Waals surface area contributed by atoms with Gasteiger partial charge in [0, 0.05) is 31.5 Å². The second-order valence-corrected chi connectivity index (χ2v) is 6.32. The van der Waals surface area contributed by atoms with Crippen LogP contribution in [0, 0.1) is 0 Å². The number of amides is 1. The monoisotopic (exact) mass is 303 g/mol. The second kappa shape index (κ2) is 5.72. The highest BCUT2D eigenvalue weighted by molar-refractivity contribution is 5.94. The standard InChI is InChI=1S/C17H21NO4/c19-15(18-9-7-17(22,8-10-18)16(20)21)14-6-5-12-3-1-2-4-13(12)11-14/h5-6,11,22H,1-4,7-10H2,(H,20,21). The van der Waals surface area contributed by atoms with Gasteiger partial charge in [0.15, 0.2) is 5.60 Å². The van der Waals surface area contributed by atoms with Crippen LogP contribution in [0.2, 0.25) is 0 Å². The Morgan fingerprint density at radius 2 is 1.68 bits per heavy atom.